The topological polar surface area (TPSA) is 40.2 Å². The third kappa shape index (κ3) is 7.75. The Morgan fingerprint density at radius 2 is 1.11 bits per heavy atom. The van der Waals surface area contributed by atoms with Crippen LogP contribution >= 0.6 is 0 Å². The molecule has 5 heteroatoms. The van der Waals surface area contributed by atoms with E-state index >= 15 is 0 Å². The van der Waals surface area contributed by atoms with Crippen molar-refractivity contribution < 1.29 is 18.9 Å². The molecule has 0 radical (unpaired) electrons. The van der Waals surface area contributed by atoms with Gasteiger partial charge in [-0.3, -0.25) is 0 Å². The first-order chi connectivity index (χ1) is 26.0. The second-order valence-electron chi connectivity index (χ2n) is 15.0. The summed E-state index contributed by atoms with van der Waals surface area (Å²) in [4.78, 5) is 2.33. The van der Waals surface area contributed by atoms with E-state index in [4.69, 9.17) is 18.9 Å². The Morgan fingerprint density at radius 1 is 0.585 bits per heavy atom. The molecule has 2 saturated heterocycles. The summed E-state index contributed by atoms with van der Waals surface area (Å²) in [5.41, 5.74) is 10.8. The zero-order chi connectivity index (χ0) is 36.1. The predicted molar refractivity (Wildman–Crippen MR) is 216 cm³/mol. The van der Waals surface area contributed by atoms with Crippen LogP contribution in [-0.4, -0.2) is 45.7 Å². The lowest BCUT2D eigenvalue weighted by atomic mass is 9.84. The SMILES string of the molecule is CCC1(COc2cccc(-c3ccc(N(c4ccc(C5=CC=CC(OCC6(CC)COC6)C5)cc4)c4ccc(-c5ccccc5)cc4)cc3)c2)COC1. The van der Waals surface area contributed by atoms with Crippen LogP contribution in [0.5, 0.6) is 5.75 Å². The van der Waals surface area contributed by atoms with Gasteiger partial charge in [-0.15, -0.1) is 0 Å². The number of ether oxygens (including phenoxy) is 4. The Hall–Kier alpha value is -4.94. The summed E-state index contributed by atoms with van der Waals surface area (Å²) in [6, 6.07) is 45.6. The van der Waals surface area contributed by atoms with Gasteiger partial charge >= 0.3 is 0 Å². The van der Waals surface area contributed by atoms with Crippen LogP contribution in [0.2, 0.25) is 0 Å². The van der Waals surface area contributed by atoms with E-state index < -0.39 is 0 Å². The van der Waals surface area contributed by atoms with Crippen LogP contribution in [0.1, 0.15) is 38.7 Å². The van der Waals surface area contributed by atoms with E-state index in [1.165, 1.54) is 22.3 Å². The van der Waals surface area contributed by atoms with Gasteiger partial charge in [0.2, 0.25) is 0 Å². The molecule has 53 heavy (non-hydrogen) atoms. The molecule has 1 aliphatic carbocycles. The lowest BCUT2D eigenvalue weighted by Gasteiger charge is -2.41. The maximum Gasteiger partial charge on any atom is 0.119 e. The van der Waals surface area contributed by atoms with Gasteiger partial charge < -0.3 is 23.8 Å². The first-order valence-electron chi connectivity index (χ1n) is 19.1. The Morgan fingerprint density at radius 3 is 1.68 bits per heavy atom. The fourth-order valence-electron chi connectivity index (χ4n) is 7.33. The largest absolute Gasteiger partial charge is 0.493 e. The average Bonchev–Trinajstić information content (AvgIpc) is 3.19. The minimum absolute atomic E-state index is 0.0782. The van der Waals surface area contributed by atoms with Crippen LogP contribution in [0.4, 0.5) is 17.1 Å². The standard InChI is InChI=1S/C48H49NO4/c1-3-47(30-50-31-47)34-52-45-14-8-12-40(28-45)38-18-24-43(25-19-38)49(42-22-16-37(17-23-42)36-10-6-5-7-11-36)44-26-20-39(21-27-44)41-13-9-15-46(29-41)53-35-48(4-2)32-51-33-48/h5-28,46H,3-4,29-35H2,1-2H3. The number of benzene rings is 5. The molecule has 5 aromatic rings. The molecule has 8 rings (SSSR count). The van der Waals surface area contributed by atoms with E-state index in [1.54, 1.807) is 0 Å². The highest BCUT2D eigenvalue weighted by Gasteiger charge is 2.38. The molecule has 270 valence electrons. The van der Waals surface area contributed by atoms with Crippen molar-refractivity contribution in [3.63, 3.8) is 0 Å². The van der Waals surface area contributed by atoms with Crippen molar-refractivity contribution in [3.8, 4) is 28.0 Å². The molecule has 0 spiro atoms. The molecule has 0 amide bonds. The summed E-state index contributed by atoms with van der Waals surface area (Å²) in [6.07, 6.45) is 9.63. The number of rotatable bonds is 14. The maximum absolute atomic E-state index is 6.41. The highest BCUT2D eigenvalue weighted by molar-refractivity contribution is 5.81. The fourth-order valence-corrected chi connectivity index (χ4v) is 7.33. The van der Waals surface area contributed by atoms with Gasteiger partial charge in [0.05, 0.1) is 51.2 Å². The van der Waals surface area contributed by atoms with E-state index in [0.717, 1.165) is 86.2 Å². The van der Waals surface area contributed by atoms with E-state index in [1.807, 2.05) is 6.07 Å². The van der Waals surface area contributed by atoms with Crippen molar-refractivity contribution in [3.05, 3.63) is 151 Å². The van der Waals surface area contributed by atoms with Crippen LogP contribution < -0.4 is 9.64 Å². The molecule has 3 aliphatic rings. The summed E-state index contributed by atoms with van der Waals surface area (Å²) < 4.78 is 23.7. The van der Waals surface area contributed by atoms with Crippen LogP contribution in [0.15, 0.2) is 146 Å². The van der Waals surface area contributed by atoms with E-state index in [2.05, 4.69) is 158 Å². The van der Waals surface area contributed by atoms with E-state index in [9.17, 15) is 0 Å². The zero-order valence-electron chi connectivity index (χ0n) is 30.9. The fraction of sp³-hybridized carbons (Fsp3) is 0.292. The van der Waals surface area contributed by atoms with Gasteiger partial charge in [0.15, 0.2) is 0 Å². The Bertz CT molecular complexity index is 2010. The maximum atomic E-state index is 6.41. The Kier molecular flexibility index (Phi) is 10.3. The minimum atomic E-state index is 0.0782. The highest BCUT2D eigenvalue weighted by atomic mass is 16.5. The van der Waals surface area contributed by atoms with Crippen LogP contribution in [-0.2, 0) is 14.2 Å². The summed E-state index contributed by atoms with van der Waals surface area (Å²) in [5, 5.41) is 0. The van der Waals surface area contributed by atoms with Gasteiger partial charge in [-0.25, -0.2) is 0 Å². The van der Waals surface area contributed by atoms with Crippen molar-refractivity contribution in [1.29, 1.82) is 0 Å². The van der Waals surface area contributed by atoms with Gasteiger partial charge in [0, 0.05) is 28.9 Å². The molecule has 0 saturated carbocycles. The molecule has 2 aliphatic heterocycles. The third-order valence-electron chi connectivity index (χ3n) is 11.3. The summed E-state index contributed by atoms with van der Waals surface area (Å²) in [7, 11) is 0. The lowest BCUT2D eigenvalue weighted by molar-refractivity contribution is -0.155. The normalized spacial score (nSPS) is 18.4. The number of anilines is 3. The number of hydrogen-bond donors (Lipinski definition) is 0. The number of hydrogen-bond acceptors (Lipinski definition) is 5. The van der Waals surface area contributed by atoms with Crippen LogP contribution in [0.25, 0.3) is 27.8 Å². The first-order valence-corrected chi connectivity index (χ1v) is 19.1. The first kappa shape index (κ1) is 35.1. The van der Waals surface area contributed by atoms with Gasteiger partial charge in [-0.1, -0.05) is 111 Å². The smallest absolute Gasteiger partial charge is 0.119 e. The molecular weight excluding hydrogens is 655 g/mol. The van der Waals surface area contributed by atoms with Crippen molar-refractivity contribution in [1.82, 2.24) is 0 Å². The predicted octanol–water partition coefficient (Wildman–Crippen LogP) is 11.5. The van der Waals surface area contributed by atoms with Crippen LogP contribution in [0, 0.1) is 10.8 Å². The molecule has 0 N–H and O–H groups in total. The van der Waals surface area contributed by atoms with E-state index in [-0.39, 0.29) is 16.9 Å². The van der Waals surface area contributed by atoms with Gasteiger partial charge in [-0.2, -0.15) is 0 Å². The van der Waals surface area contributed by atoms with Crippen molar-refractivity contribution in [2.45, 2.75) is 39.2 Å². The van der Waals surface area contributed by atoms with Crippen molar-refractivity contribution >= 4 is 22.6 Å². The molecule has 0 bridgehead atoms. The second-order valence-corrected chi connectivity index (χ2v) is 15.0. The minimum Gasteiger partial charge on any atom is -0.493 e. The quantitative estimate of drug-likeness (QED) is 0.115. The number of allylic oxidation sites excluding steroid dienone is 2. The lowest BCUT2D eigenvalue weighted by Crippen LogP contribution is -2.46. The molecule has 2 fully saturated rings. The monoisotopic (exact) mass is 703 g/mol. The third-order valence-corrected chi connectivity index (χ3v) is 11.3. The molecule has 1 atom stereocenters. The molecule has 5 nitrogen and oxygen atoms in total. The molecule has 1 unspecified atom stereocenters. The molecule has 5 aromatic carbocycles. The molecule has 0 aromatic heterocycles. The number of nitrogens with zero attached hydrogens (tertiary/aromatic N) is 1. The Balaban J connectivity index is 1.03. The van der Waals surface area contributed by atoms with Crippen molar-refractivity contribution in [2.75, 3.05) is 44.5 Å². The van der Waals surface area contributed by atoms with Gasteiger partial charge in [-0.05, 0) is 94.8 Å². The summed E-state index contributed by atoms with van der Waals surface area (Å²) in [6.45, 7) is 9.03. The second kappa shape index (κ2) is 15.6. The highest BCUT2D eigenvalue weighted by Crippen LogP contribution is 2.39. The van der Waals surface area contributed by atoms with Crippen LogP contribution in [0.3, 0.4) is 0 Å². The Labute approximate surface area is 314 Å². The van der Waals surface area contributed by atoms with E-state index in [0.29, 0.717) is 6.61 Å². The van der Waals surface area contributed by atoms with Gasteiger partial charge in [0.1, 0.15) is 5.75 Å². The zero-order valence-corrected chi connectivity index (χ0v) is 30.9. The molecular formula is C48H49NO4. The van der Waals surface area contributed by atoms with Crippen molar-refractivity contribution in [2.24, 2.45) is 10.8 Å². The summed E-state index contributed by atoms with van der Waals surface area (Å²) in [5.74, 6) is 0.894. The average molecular weight is 704 g/mol. The summed E-state index contributed by atoms with van der Waals surface area (Å²) >= 11 is 0. The molecule has 2 heterocycles. The van der Waals surface area contributed by atoms with Gasteiger partial charge in [0.25, 0.3) is 0 Å².